The average molecular weight is 262 g/mol. The molecule has 0 N–H and O–H groups in total. The summed E-state index contributed by atoms with van der Waals surface area (Å²) in [5, 5.41) is 0. The van der Waals surface area contributed by atoms with Crippen molar-refractivity contribution in [3.05, 3.63) is 29.8 Å². The van der Waals surface area contributed by atoms with Crippen LogP contribution in [-0.2, 0) is 9.53 Å². The number of benzene rings is 1. The minimum absolute atomic E-state index is 0.0668. The van der Waals surface area contributed by atoms with Crippen molar-refractivity contribution in [1.82, 2.24) is 4.90 Å². The number of nitrogens with zero attached hydrogens (tertiary/aromatic N) is 2. The zero-order valence-corrected chi connectivity index (χ0v) is 11.3. The Morgan fingerprint density at radius 3 is 2.74 bits per heavy atom. The van der Waals surface area contributed by atoms with Crippen molar-refractivity contribution >= 4 is 17.6 Å². The summed E-state index contributed by atoms with van der Waals surface area (Å²) in [4.78, 5) is 27.3. The maximum absolute atomic E-state index is 11.9. The fraction of sp³-hybridized carbons (Fsp3) is 0.429. The first-order valence-corrected chi connectivity index (χ1v) is 6.29. The van der Waals surface area contributed by atoms with Gasteiger partial charge in [-0.2, -0.15) is 0 Å². The highest BCUT2D eigenvalue weighted by Gasteiger charge is 2.22. The molecule has 0 bridgehead atoms. The van der Waals surface area contributed by atoms with Crippen LogP contribution in [0, 0.1) is 0 Å². The summed E-state index contributed by atoms with van der Waals surface area (Å²) in [5.74, 6) is -0.308. The molecule has 1 saturated heterocycles. The van der Waals surface area contributed by atoms with Crippen LogP contribution in [0.2, 0.25) is 0 Å². The lowest BCUT2D eigenvalue weighted by molar-refractivity contribution is -0.127. The van der Waals surface area contributed by atoms with Crippen LogP contribution in [0.1, 0.15) is 16.8 Å². The molecule has 0 aliphatic carbocycles. The van der Waals surface area contributed by atoms with Crippen molar-refractivity contribution in [3.8, 4) is 0 Å². The molecular weight excluding hydrogens is 244 g/mol. The second-order valence-corrected chi connectivity index (χ2v) is 4.60. The van der Waals surface area contributed by atoms with E-state index in [1.165, 1.54) is 7.11 Å². The highest BCUT2D eigenvalue weighted by molar-refractivity contribution is 5.96. The van der Waals surface area contributed by atoms with Crippen LogP contribution in [0.25, 0.3) is 0 Å². The predicted octanol–water partition coefficient (Wildman–Crippen LogP) is 1.14. The van der Waals surface area contributed by atoms with Gasteiger partial charge in [0.2, 0.25) is 5.91 Å². The van der Waals surface area contributed by atoms with Gasteiger partial charge in [0, 0.05) is 20.1 Å². The molecule has 0 atom stereocenters. The van der Waals surface area contributed by atoms with E-state index in [-0.39, 0.29) is 11.9 Å². The van der Waals surface area contributed by atoms with Crippen LogP contribution in [0.5, 0.6) is 0 Å². The van der Waals surface area contributed by atoms with Crippen molar-refractivity contribution in [2.24, 2.45) is 0 Å². The summed E-state index contributed by atoms with van der Waals surface area (Å²) in [7, 11) is 3.17. The second-order valence-electron chi connectivity index (χ2n) is 4.60. The molecule has 5 nitrogen and oxygen atoms in total. The molecule has 2 rings (SSSR count). The Morgan fingerprint density at radius 2 is 2.00 bits per heavy atom. The van der Waals surface area contributed by atoms with Crippen molar-refractivity contribution in [1.29, 1.82) is 0 Å². The van der Waals surface area contributed by atoms with E-state index in [0.29, 0.717) is 12.1 Å². The number of anilines is 1. The van der Waals surface area contributed by atoms with Gasteiger partial charge >= 0.3 is 5.97 Å². The van der Waals surface area contributed by atoms with Gasteiger partial charge in [0.15, 0.2) is 0 Å². The number of likely N-dealkylation sites (N-methyl/N-ethyl adjacent to an activating group) is 1. The van der Waals surface area contributed by atoms with Gasteiger partial charge < -0.3 is 14.5 Å². The minimum atomic E-state index is -0.374. The molecule has 19 heavy (non-hydrogen) atoms. The van der Waals surface area contributed by atoms with Crippen molar-refractivity contribution in [3.63, 3.8) is 0 Å². The first-order valence-electron chi connectivity index (χ1n) is 6.29. The summed E-state index contributed by atoms with van der Waals surface area (Å²) in [6, 6.07) is 7.23. The zero-order valence-electron chi connectivity index (χ0n) is 11.3. The summed E-state index contributed by atoms with van der Waals surface area (Å²) >= 11 is 0. The van der Waals surface area contributed by atoms with Crippen molar-refractivity contribution in [2.45, 2.75) is 6.42 Å². The average Bonchev–Trinajstić information content (AvgIpc) is 2.60. The number of methoxy groups -OCH3 is 1. The lowest BCUT2D eigenvalue weighted by atomic mass is 10.1. The number of ether oxygens (including phenoxy) is 1. The van der Waals surface area contributed by atoms with E-state index in [1.807, 2.05) is 17.0 Å². The predicted molar refractivity (Wildman–Crippen MR) is 72.2 cm³/mol. The molecule has 1 aromatic carbocycles. The normalized spacial score (nSPS) is 16.2. The van der Waals surface area contributed by atoms with E-state index < -0.39 is 0 Å². The topological polar surface area (TPSA) is 49.9 Å². The maximum atomic E-state index is 11.9. The molecule has 0 aromatic heterocycles. The molecule has 5 heteroatoms. The fourth-order valence-electron chi connectivity index (χ4n) is 2.22. The molecule has 1 fully saturated rings. The number of hydrogen-bond donors (Lipinski definition) is 0. The monoisotopic (exact) mass is 262 g/mol. The molecule has 1 aliphatic heterocycles. The highest BCUT2D eigenvalue weighted by Crippen LogP contribution is 2.22. The standard InChI is InChI=1S/C14H18N2O3/c1-15-8-5-9-16(10-13(15)17)12-7-4-3-6-11(12)14(18)19-2/h3-4,6-7H,5,8-10H2,1-2H3. The van der Waals surface area contributed by atoms with Crippen LogP contribution in [0.3, 0.4) is 0 Å². The van der Waals surface area contributed by atoms with E-state index >= 15 is 0 Å². The number of amides is 1. The lowest BCUT2D eigenvalue weighted by Crippen LogP contribution is -2.35. The summed E-state index contributed by atoms with van der Waals surface area (Å²) < 4.78 is 4.79. The summed E-state index contributed by atoms with van der Waals surface area (Å²) in [6.07, 6.45) is 0.887. The Morgan fingerprint density at radius 1 is 1.26 bits per heavy atom. The van der Waals surface area contributed by atoms with E-state index in [4.69, 9.17) is 4.74 Å². The van der Waals surface area contributed by atoms with Crippen LogP contribution in [0.4, 0.5) is 5.69 Å². The van der Waals surface area contributed by atoms with Crippen LogP contribution < -0.4 is 4.90 Å². The molecule has 102 valence electrons. The lowest BCUT2D eigenvalue weighted by Gasteiger charge is -2.23. The Balaban J connectivity index is 2.30. The van der Waals surface area contributed by atoms with Gasteiger partial charge in [0.05, 0.1) is 24.9 Å². The highest BCUT2D eigenvalue weighted by atomic mass is 16.5. The molecule has 1 heterocycles. The quantitative estimate of drug-likeness (QED) is 0.750. The fourth-order valence-corrected chi connectivity index (χ4v) is 2.22. The molecule has 0 unspecified atom stereocenters. The summed E-state index contributed by atoms with van der Waals surface area (Å²) in [5.41, 5.74) is 1.26. The number of carbonyl (C=O) groups excluding carboxylic acids is 2. The third-order valence-corrected chi connectivity index (χ3v) is 3.32. The molecule has 1 aliphatic rings. The molecule has 0 radical (unpaired) electrons. The van der Waals surface area contributed by atoms with E-state index in [0.717, 1.165) is 25.2 Å². The SMILES string of the molecule is COC(=O)c1ccccc1N1CCCN(C)C(=O)C1. The van der Waals surface area contributed by atoms with E-state index in [1.54, 1.807) is 24.1 Å². The van der Waals surface area contributed by atoms with Crippen LogP contribution in [0.15, 0.2) is 24.3 Å². The van der Waals surface area contributed by atoms with Gasteiger partial charge in [-0.1, -0.05) is 12.1 Å². The molecule has 1 aromatic rings. The van der Waals surface area contributed by atoms with Gasteiger partial charge in [-0.15, -0.1) is 0 Å². The molecule has 0 spiro atoms. The van der Waals surface area contributed by atoms with Gasteiger partial charge in [0.25, 0.3) is 0 Å². The smallest absolute Gasteiger partial charge is 0.339 e. The van der Waals surface area contributed by atoms with Crippen molar-refractivity contribution < 1.29 is 14.3 Å². The Bertz CT molecular complexity index is 487. The Hall–Kier alpha value is -2.04. The zero-order chi connectivity index (χ0) is 13.8. The maximum Gasteiger partial charge on any atom is 0.339 e. The van der Waals surface area contributed by atoms with Crippen molar-refractivity contribution in [2.75, 3.05) is 38.7 Å². The van der Waals surface area contributed by atoms with E-state index in [2.05, 4.69) is 0 Å². The molecule has 1 amide bonds. The van der Waals surface area contributed by atoms with Gasteiger partial charge in [-0.25, -0.2) is 4.79 Å². The Labute approximate surface area is 112 Å². The number of carbonyl (C=O) groups is 2. The van der Waals surface area contributed by atoms with E-state index in [9.17, 15) is 9.59 Å². The number of hydrogen-bond acceptors (Lipinski definition) is 4. The Kier molecular flexibility index (Phi) is 4.04. The van der Waals surface area contributed by atoms with Crippen LogP contribution in [-0.4, -0.2) is 50.6 Å². The van der Waals surface area contributed by atoms with Gasteiger partial charge in [0.1, 0.15) is 0 Å². The van der Waals surface area contributed by atoms with Crippen LogP contribution >= 0.6 is 0 Å². The molecular formula is C14H18N2O3. The van der Waals surface area contributed by atoms with Gasteiger partial charge in [-0.05, 0) is 18.6 Å². The third kappa shape index (κ3) is 2.86. The number of rotatable bonds is 2. The number of para-hydroxylation sites is 1. The summed E-state index contributed by atoms with van der Waals surface area (Å²) in [6.45, 7) is 1.80. The minimum Gasteiger partial charge on any atom is -0.465 e. The van der Waals surface area contributed by atoms with Gasteiger partial charge in [-0.3, -0.25) is 4.79 Å². The first-order chi connectivity index (χ1) is 9.13. The third-order valence-electron chi connectivity index (χ3n) is 3.32. The second kappa shape index (κ2) is 5.73. The largest absolute Gasteiger partial charge is 0.465 e. The number of esters is 1. The first kappa shape index (κ1) is 13.4. The molecule has 0 saturated carbocycles.